The van der Waals surface area contributed by atoms with E-state index in [9.17, 15) is 0 Å². The fraction of sp³-hybridized carbons (Fsp3) is 0.750. The molecule has 88 valence electrons. The van der Waals surface area contributed by atoms with E-state index >= 15 is 0 Å². The third-order valence-electron chi connectivity index (χ3n) is 3.78. The molecule has 0 aromatic carbocycles. The maximum Gasteiger partial charge on any atom is 0.112 e. The van der Waals surface area contributed by atoms with E-state index in [-0.39, 0.29) is 6.04 Å². The molecule has 1 atom stereocenters. The van der Waals surface area contributed by atoms with Crippen LogP contribution in [-0.4, -0.2) is 21.1 Å². The van der Waals surface area contributed by atoms with Crippen LogP contribution in [0.1, 0.15) is 49.2 Å². The third-order valence-corrected chi connectivity index (χ3v) is 4.83. The fourth-order valence-corrected chi connectivity index (χ4v) is 3.95. The molecule has 0 spiro atoms. The molecule has 1 unspecified atom stereocenters. The summed E-state index contributed by atoms with van der Waals surface area (Å²) in [5.74, 6) is 4.57. The van der Waals surface area contributed by atoms with Gasteiger partial charge in [0.15, 0.2) is 0 Å². The third kappa shape index (κ3) is 1.78. The van der Waals surface area contributed by atoms with Gasteiger partial charge in [0.1, 0.15) is 5.82 Å². The number of nitrogens with two attached hydrogens (primary N) is 1. The lowest BCUT2D eigenvalue weighted by Gasteiger charge is -2.26. The highest BCUT2D eigenvalue weighted by molar-refractivity contribution is 7.99. The molecule has 0 radical (unpaired) electrons. The standard InChI is InChI=1S/C12H19N3S/c13-10-2-1-5-15-11(10)8-14-12(15)9-3-6-16-7-4-9/h8-10H,1-7,13H2. The Labute approximate surface area is 101 Å². The zero-order valence-electron chi connectivity index (χ0n) is 9.56. The van der Waals surface area contributed by atoms with Gasteiger partial charge in [-0.3, -0.25) is 0 Å². The highest BCUT2D eigenvalue weighted by Crippen LogP contribution is 2.34. The SMILES string of the molecule is NC1CCCn2c1cnc2C1CCSCC1. The minimum atomic E-state index is 0.216. The van der Waals surface area contributed by atoms with Gasteiger partial charge in [-0.15, -0.1) is 0 Å². The van der Waals surface area contributed by atoms with Crippen molar-refractivity contribution in [2.45, 2.75) is 44.2 Å². The number of fused-ring (bicyclic) bond motifs is 1. The molecule has 16 heavy (non-hydrogen) atoms. The average Bonchev–Trinajstić information content (AvgIpc) is 2.75. The van der Waals surface area contributed by atoms with Gasteiger partial charge in [-0.2, -0.15) is 11.8 Å². The van der Waals surface area contributed by atoms with E-state index in [1.807, 2.05) is 6.20 Å². The number of rotatable bonds is 1. The van der Waals surface area contributed by atoms with Gasteiger partial charge in [-0.05, 0) is 37.2 Å². The van der Waals surface area contributed by atoms with Gasteiger partial charge in [0, 0.05) is 18.5 Å². The highest BCUT2D eigenvalue weighted by Gasteiger charge is 2.25. The smallest absolute Gasteiger partial charge is 0.112 e. The van der Waals surface area contributed by atoms with Crippen molar-refractivity contribution < 1.29 is 0 Å². The number of nitrogens with zero attached hydrogens (tertiary/aromatic N) is 2. The van der Waals surface area contributed by atoms with Gasteiger partial charge in [-0.1, -0.05) is 0 Å². The summed E-state index contributed by atoms with van der Waals surface area (Å²) in [6.45, 7) is 1.13. The Balaban J connectivity index is 1.89. The van der Waals surface area contributed by atoms with Crippen molar-refractivity contribution in [2.75, 3.05) is 11.5 Å². The number of hydrogen-bond donors (Lipinski definition) is 1. The van der Waals surface area contributed by atoms with Crippen molar-refractivity contribution in [3.05, 3.63) is 17.7 Å². The molecule has 3 nitrogen and oxygen atoms in total. The number of hydrogen-bond acceptors (Lipinski definition) is 3. The minimum absolute atomic E-state index is 0.216. The first-order chi connectivity index (χ1) is 7.86. The number of thioether (sulfide) groups is 1. The zero-order valence-corrected chi connectivity index (χ0v) is 10.4. The van der Waals surface area contributed by atoms with E-state index in [1.165, 1.54) is 42.3 Å². The van der Waals surface area contributed by atoms with Crippen LogP contribution < -0.4 is 5.73 Å². The second kappa shape index (κ2) is 4.41. The first-order valence-electron chi connectivity index (χ1n) is 6.25. The average molecular weight is 237 g/mol. The molecule has 1 aromatic heterocycles. The van der Waals surface area contributed by atoms with Crippen molar-refractivity contribution in [3.8, 4) is 0 Å². The number of aromatic nitrogens is 2. The maximum absolute atomic E-state index is 6.12. The molecule has 2 aliphatic heterocycles. The van der Waals surface area contributed by atoms with E-state index in [0.717, 1.165) is 13.0 Å². The summed E-state index contributed by atoms with van der Waals surface area (Å²) < 4.78 is 2.40. The summed E-state index contributed by atoms with van der Waals surface area (Å²) in [7, 11) is 0. The molecule has 1 saturated heterocycles. The summed E-state index contributed by atoms with van der Waals surface area (Å²) in [6.07, 6.45) is 6.91. The van der Waals surface area contributed by atoms with Crippen LogP contribution in [0, 0.1) is 0 Å². The molecule has 0 bridgehead atoms. The van der Waals surface area contributed by atoms with Crippen LogP contribution >= 0.6 is 11.8 Å². The molecule has 1 fully saturated rings. The van der Waals surface area contributed by atoms with E-state index in [1.54, 1.807) is 0 Å². The van der Waals surface area contributed by atoms with Crippen molar-refractivity contribution in [1.82, 2.24) is 9.55 Å². The summed E-state index contributed by atoms with van der Waals surface area (Å²) >= 11 is 2.07. The lowest BCUT2D eigenvalue weighted by molar-refractivity contribution is 0.435. The molecule has 2 aliphatic rings. The molecule has 3 heterocycles. The van der Waals surface area contributed by atoms with Crippen LogP contribution in [0.15, 0.2) is 6.20 Å². The van der Waals surface area contributed by atoms with Crippen LogP contribution in [0.3, 0.4) is 0 Å². The van der Waals surface area contributed by atoms with E-state index in [0.29, 0.717) is 5.92 Å². The highest BCUT2D eigenvalue weighted by atomic mass is 32.2. The Morgan fingerprint density at radius 2 is 2.12 bits per heavy atom. The van der Waals surface area contributed by atoms with Gasteiger partial charge >= 0.3 is 0 Å². The van der Waals surface area contributed by atoms with Gasteiger partial charge in [-0.25, -0.2) is 4.98 Å². The van der Waals surface area contributed by atoms with Crippen LogP contribution in [-0.2, 0) is 6.54 Å². The molecule has 4 heteroatoms. The molecular formula is C12H19N3S. The van der Waals surface area contributed by atoms with Crippen LogP contribution in [0.4, 0.5) is 0 Å². The summed E-state index contributed by atoms with van der Waals surface area (Å²) in [6, 6.07) is 0.216. The van der Waals surface area contributed by atoms with Gasteiger partial charge in [0.25, 0.3) is 0 Å². The molecule has 0 saturated carbocycles. The molecule has 1 aromatic rings. The van der Waals surface area contributed by atoms with Crippen LogP contribution in [0.2, 0.25) is 0 Å². The van der Waals surface area contributed by atoms with Crippen molar-refractivity contribution in [2.24, 2.45) is 5.73 Å². The van der Waals surface area contributed by atoms with E-state index in [4.69, 9.17) is 5.73 Å². The molecule has 3 rings (SSSR count). The Kier molecular flexibility index (Phi) is 2.94. The summed E-state index contributed by atoms with van der Waals surface area (Å²) in [4.78, 5) is 4.65. The number of imidazole rings is 1. The topological polar surface area (TPSA) is 43.8 Å². The zero-order chi connectivity index (χ0) is 11.0. The van der Waals surface area contributed by atoms with Crippen molar-refractivity contribution in [3.63, 3.8) is 0 Å². The van der Waals surface area contributed by atoms with Crippen LogP contribution in [0.5, 0.6) is 0 Å². The summed E-state index contributed by atoms with van der Waals surface area (Å²) in [5.41, 5.74) is 7.39. The Bertz CT molecular complexity index is 368. The van der Waals surface area contributed by atoms with Crippen molar-refractivity contribution in [1.29, 1.82) is 0 Å². The minimum Gasteiger partial charge on any atom is -0.330 e. The normalized spacial score (nSPS) is 26.7. The van der Waals surface area contributed by atoms with Gasteiger partial charge in [0.05, 0.1) is 11.9 Å². The van der Waals surface area contributed by atoms with E-state index < -0.39 is 0 Å². The lowest BCUT2D eigenvalue weighted by Crippen LogP contribution is -2.24. The Morgan fingerprint density at radius 1 is 1.31 bits per heavy atom. The Hall–Kier alpha value is -0.480. The fourth-order valence-electron chi connectivity index (χ4n) is 2.84. The van der Waals surface area contributed by atoms with Crippen molar-refractivity contribution >= 4 is 11.8 Å². The molecule has 0 aliphatic carbocycles. The predicted octanol–water partition coefficient (Wildman–Crippen LogP) is 2.29. The quantitative estimate of drug-likeness (QED) is 0.815. The van der Waals surface area contributed by atoms with E-state index in [2.05, 4.69) is 21.3 Å². The monoisotopic (exact) mass is 237 g/mol. The lowest BCUT2D eigenvalue weighted by atomic mass is 10.0. The Morgan fingerprint density at radius 3 is 2.94 bits per heavy atom. The first-order valence-corrected chi connectivity index (χ1v) is 7.40. The maximum atomic E-state index is 6.12. The second-order valence-corrected chi connectivity index (χ2v) is 6.05. The first kappa shape index (κ1) is 10.7. The van der Waals surface area contributed by atoms with Gasteiger partial charge < -0.3 is 10.3 Å². The largest absolute Gasteiger partial charge is 0.330 e. The summed E-state index contributed by atoms with van der Waals surface area (Å²) in [5, 5.41) is 0. The predicted molar refractivity (Wildman–Crippen MR) is 67.7 cm³/mol. The van der Waals surface area contributed by atoms with Crippen LogP contribution in [0.25, 0.3) is 0 Å². The molecule has 2 N–H and O–H groups in total. The molecule has 0 amide bonds. The molecular weight excluding hydrogens is 218 g/mol. The second-order valence-electron chi connectivity index (χ2n) is 4.83. The van der Waals surface area contributed by atoms with Gasteiger partial charge in [0.2, 0.25) is 0 Å².